The Bertz CT molecular complexity index is 802. The lowest BCUT2D eigenvalue weighted by Gasteiger charge is -2.14. The number of benzene rings is 2. The van der Waals surface area contributed by atoms with Crippen molar-refractivity contribution in [2.24, 2.45) is 0 Å². The van der Waals surface area contributed by atoms with Crippen LogP contribution < -0.4 is 9.46 Å². The van der Waals surface area contributed by atoms with Gasteiger partial charge in [0.05, 0.1) is 23.3 Å². The van der Waals surface area contributed by atoms with Crippen LogP contribution in [0.4, 0.5) is 23.2 Å². The SMILES string of the molecule is COc1ccc(C(F)(F)F)cc1NS(=O)(=O)c1ccc(F)cc1. The normalized spacial score (nSPS) is 12.0. The Morgan fingerprint density at radius 2 is 1.65 bits per heavy atom. The van der Waals surface area contributed by atoms with Crippen LogP contribution >= 0.6 is 0 Å². The van der Waals surface area contributed by atoms with Gasteiger partial charge in [0, 0.05) is 0 Å². The van der Waals surface area contributed by atoms with Gasteiger partial charge >= 0.3 is 6.18 Å². The van der Waals surface area contributed by atoms with E-state index in [1.54, 1.807) is 0 Å². The first-order chi connectivity index (χ1) is 10.6. The second kappa shape index (κ2) is 6.07. The van der Waals surface area contributed by atoms with Crippen LogP contribution in [0.3, 0.4) is 0 Å². The molecule has 4 nitrogen and oxygen atoms in total. The van der Waals surface area contributed by atoms with Crippen LogP contribution in [0, 0.1) is 5.82 Å². The molecule has 0 heterocycles. The van der Waals surface area contributed by atoms with E-state index in [4.69, 9.17) is 4.74 Å². The predicted octanol–water partition coefficient (Wildman–Crippen LogP) is 3.65. The van der Waals surface area contributed by atoms with Crippen molar-refractivity contribution in [2.75, 3.05) is 11.8 Å². The minimum atomic E-state index is -4.64. The molecule has 2 aromatic rings. The molecule has 0 saturated heterocycles. The number of alkyl halides is 3. The van der Waals surface area contributed by atoms with Crippen LogP contribution in [-0.2, 0) is 16.2 Å². The summed E-state index contributed by atoms with van der Waals surface area (Å²) in [5.74, 6) is -0.718. The Kier molecular flexibility index (Phi) is 4.51. The Morgan fingerprint density at radius 3 is 2.17 bits per heavy atom. The molecule has 124 valence electrons. The third-order valence-electron chi connectivity index (χ3n) is 2.90. The maximum absolute atomic E-state index is 12.8. The highest BCUT2D eigenvalue weighted by atomic mass is 32.2. The maximum atomic E-state index is 12.8. The van der Waals surface area contributed by atoms with Crippen LogP contribution in [0.25, 0.3) is 0 Å². The Labute approximate surface area is 129 Å². The van der Waals surface area contributed by atoms with Crippen LogP contribution in [0.5, 0.6) is 5.75 Å². The largest absolute Gasteiger partial charge is 0.495 e. The molecular weight excluding hydrogens is 338 g/mol. The van der Waals surface area contributed by atoms with E-state index in [9.17, 15) is 26.0 Å². The van der Waals surface area contributed by atoms with Crippen molar-refractivity contribution in [1.29, 1.82) is 0 Å². The van der Waals surface area contributed by atoms with E-state index in [-0.39, 0.29) is 16.3 Å². The third kappa shape index (κ3) is 3.92. The summed E-state index contributed by atoms with van der Waals surface area (Å²) in [7, 11) is -3.00. The summed E-state index contributed by atoms with van der Waals surface area (Å²) in [6, 6.07) is 6.26. The van der Waals surface area contributed by atoms with Crippen LogP contribution in [0.2, 0.25) is 0 Å². The molecular formula is C14H11F4NO3S. The summed E-state index contributed by atoms with van der Waals surface area (Å²) >= 11 is 0. The molecule has 23 heavy (non-hydrogen) atoms. The first-order valence-corrected chi connectivity index (χ1v) is 7.65. The summed E-state index contributed by atoms with van der Waals surface area (Å²) < 4.78 is 82.3. The molecule has 0 aromatic heterocycles. The van der Waals surface area contributed by atoms with Gasteiger partial charge in [-0.2, -0.15) is 13.2 Å². The van der Waals surface area contributed by atoms with Gasteiger partial charge in [0.2, 0.25) is 0 Å². The quantitative estimate of drug-likeness (QED) is 0.857. The second-order valence-electron chi connectivity index (χ2n) is 4.47. The van der Waals surface area contributed by atoms with Gasteiger partial charge in [-0.25, -0.2) is 12.8 Å². The van der Waals surface area contributed by atoms with Crippen molar-refractivity contribution in [3.8, 4) is 5.75 Å². The van der Waals surface area contributed by atoms with E-state index in [1.165, 1.54) is 7.11 Å². The van der Waals surface area contributed by atoms with Crippen molar-refractivity contribution >= 4 is 15.7 Å². The van der Waals surface area contributed by atoms with E-state index in [2.05, 4.69) is 0 Å². The van der Waals surface area contributed by atoms with Gasteiger partial charge in [0.1, 0.15) is 11.6 Å². The van der Waals surface area contributed by atoms with Crippen molar-refractivity contribution in [3.63, 3.8) is 0 Å². The predicted molar refractivity (Wildman–Crippen MR) is 75.2 cm³/mol. The Hall–Kier alpha value is -2.29. The number of methoxy groups -OCH3 is 1. The molecule has 0 bridgehead atoms. The van der Waals surface area contributed by atoms with Crippen molar-refractivity contribution in [2.45, 2.75) is 11.1 Å². The smallest absolute Gasteiger partial charge is 0.416 e. The topological polar surface area (TPSA) is 55.4 Å². The zero-order valence-corrected chi connectivity index (χ0v) is 12.5. The lowest BCUT2D eigenvalue weighted by Crippen LogP contribution is -2.15. The number of hydrogen-bond donors (Lipinski definition) is 1. The summed E-state index contributed by atoms with van der Waals surface area (Å²) in [6.45, 7) is 0. The number of nitrogens with one attached hydrogen (secondary N) is 1. The Morgan fingerprint density at radius 1 is 1.04 bits per heavy atom. The van der Waals surface area contributed by atoms with Crippen molar-refractivity contribution < 1.29 is 30.7 Å². The lowest BCUT2D eigenvalue weighted by molar-refractivity contribution is -0.137. The number of halogens is 4. The lowest BCUT2D eigenvalue weighted by atomic mass is 10.2. The molecule has 0 aliphatic carbocycles. The van der Waals surface area contributed by atoms with E-state index in [1.807, 2.05) is 4.72 Å². The summed E-state index contributed by atoms with van der Waals surface area (Å²) in [4.78, 5) is -0.293. The molecule has 0 spiro atoms. The highest BCUT2D eigenvalue weighted by Crippen LogP contribution is 2.35. The number of rotatable bonds is 4. The van der Waals surface area contributed by atoms with Crippen LogP contribution in [0.15, 0.2) is 47.4 Å². The van der Waals surface area contributed by atoms with Crippen LogP contribution in [0.1, 0.15) is 5.56 Å². The van der Waals surface area contributed by atoms with Crippen LogP contribution in [-0.4, -0.2) is 15.5 Å². The fraction of sp³-hybridized carbons (Fsp3) is 0.143. The van der Waals surface area contributed by atoms with Crippen molar-refractivity contribution in [1.82, 2.24) is 0 Å². The van der Waals surface area contributed by atoms with E-state index < -0.39 is 27.6 Å². The van der Waals surface area contributed by atoms with Gasteiger partial charge in [-0.15, -0.1) is 0 Å². The minimum absolute atomic E-state index is 0.0799. The monoisotopic (exact) mass is 349 g/mol. The zero-order valence-electron chi connectivity index (χ0n) is 11.7. The maximum Gasteiger partial charge on any atom is 0.416 e. The molecule has 0 amide bonds. The number of anilines is 1. The highest BCUT2D eigenvalue weighted by Gasteiger charge is 2.31. The Balaban J connectivity index is 2.43. The van der Waals surface area contributed by atoms with E-state index >= 15 is 0 Å². The van der Waals surface area contributed by atoms with Gasteiger partial charge in [-0.3, -0.25) is 4.72 Å². The fourth-order valence-corrected chi connectivity index (χ4v) is 2.84. The molecule has 0 unspecified atom stereocenters. The van der Waals surface area contributed by atoms with E-state index in [0.717, 1.165) is 36.4 Å². The van der Waals surface area contributed by atoms with Gasteiger partial charge < -0.3 is 4.74 Å². The summed E-state index contributed by atoms with van der Waals surface area (Å²) in [5, 5.41) is 0. The second-order valence-corrected chi connectivity index (χ2v) is 6.15. The molecule has 0 fully saturated rings. The minimum Gasteiger partial charge on any atom is -0.495 e. The van der Waals surface area contributed by atoms with Gasteiger partial charge in [0.25, 0.3) is 10.0 Å². The number of hydrogen-bond acceptors (Lipinski definition) is 3. The third-order valence-corrected chi connectivity index (χ3v) is 4.28. The average Bonchev–Trinajstić information content (AvgIpc) is 2.46. The molecule has 2 rings (SSSR count). The molecule has 0 saturated carbocycles. The highest BCUT2D eigenvalue weighted by molar-refractivity contribution is 7.92. The first kappa shape index (κ1) is 17.1. The molecule has 2 aromatic carbocycles. The fourth-order valence-electron chi connectivity index (χ4n) is 1.78. The van der Waals surface area contributed by atoms with Gasteiger partial charge in [-0.05, 0) is 42.5 Å². The first-order valence-electron chi connectivity index (χ1n) is 6.17. The molecule has 0 aliphatic heterocycles. The zero-order chi connectivity index (χ0) is 17.3. The van der Waals surface area contributed by atoms with Crippen molar-refractivity contribution in [3.05, 3.63) is 53.8 Å². The molecule has 9 heteroatoms. The number of sulfonamides is 1. The standard InChI is InChI=1S/C14H11F4NO3S/c1-22-13-7-2-9(14(16,17)18)8-12(13)19-23(20,21)11-5-3-10(15)4-6-11/h2-8,19H,1H3. The van der Waals surface area contributed by atoms with Gasteiger partial charge in [-0.1, -0.05) is 0 Å². The summed E-state index contributed by atoms with van der Waals surface area (Å²) in [5.41, 5.74) is -1.40. The number of ether oxygens (including phenoxy) is 1. The summed E-state index contributed by atoms with van der Waals surface area (Å²) in [6.07, 6.45) is -4.64. The van der Waals surface area contributed by atoms with Gasteiger partial charge in [0.15, 0.2) is 0 Å². The molecule has 0 atom stereocenters. The van der Waals surface area contributed by atoms with E-state index in [0.29, 0.717) is 6.07 Å². The molecule has 0 radical (unpaired) electrons. The average molecular weight is 349 g/mol. The molecule has 1 N–H and O–H groups in total. The molecule has 0 aliphatic rings.